The molecule has 3 aliphatic heterocycles. The smallest absolute Gasteiger partial charge is 0.345 e. The molecule has 4 rings (SSSR count). The Morgan fingerprint density at radius 1 is 1.33 bits per heavy atom. The lowest BCUT2D eigenvalue weighted by Crippen LogP contribution is -2.40. The number of amides is 1. The topological polar surface area (TPSA) is 107 Å². The molecule has 10 heteroatoms. The average molecular weight is 393 g/mol. The van der Waals surface area contributed by atoms with Crippen LogP contribution in [-0.2, 0) is 19.7 Å². The Morgan fingerprint density at radius 2 is 2.15 bits per heavy atom. The molecule has 1 N–H and O–H groups in total. The Labute approximate surface area is 156 Å². The molecule has 3 aliphatic rings. The van der Waals surface area contributed by atoms with Gasteiger partial charge < -0.3 is 19.5 Å². The molecule has 0 radical (unpaired) electrons. The zero-order valence-corrected chi connectivity index (χ0v) is 15.5. The van der Waals surface area contributed by atoms with Crippen molar-refractivity contribution in [3.05, 3.63) is 35.5 Å². The standard InChI is InChI=1S/C17H19N3O6S/c1-20-14(17(21)18-9-12-3-2-6-24-12)8-13(19-27(20,22)23)11-4-5-15-16(7-11)26-10-25-15/h4-5,7-8,12H,2-3,6,9-10H2,1H3,(H,18,21). The number of likely N-dealkylation sites (N-methyl/N-ethyl adjacent to an activating group) is 1. The van der Waals surface area contributed by atoms with Crippen LogP contribution in [0.2, 0.25) is 0 Å². The maximum atomic E-state index is 12.6. The monoisotopic (exact) mass is 393 g/mol. The zero-order valence-electron chi connectivity index (χ0n) is 14.7. The number of benzene rings is 1. The summed E-state index contributed by atoms with van der Waals surface area (Å²) in [6.07, 6.45) is 3.24. The predicted molar refractivity (Wildman–Crippen MR) is 95.9 cm³/mol. The molecule has 1 aromatic carbocycles. The predicted octanol–water partition coefficient (Wildman–Crippen LogP) is 0.574. The Kier molecular flexibility index (Phi) is 4.52. The fourth-order valence-corrected chi connectivity index (χ4v) is 3.97. The van der Waals surface area contributed by atoms with Crippen molar-refractivity contribution < 1.29 is 27.4 Å². The lowest BCUT2D eigenvalue weighted by molar-refractivity contribution is -0.118. The van der Waals surface area contributed by atoms with E-state index in [1.807, 2.05) is 0 Å². The number of hydrogen-bond donors (Lipinski definition) is 1. The summed E-state index contributed by atoms with van der Waals surface area (Å²) in [5, 5.41) is 2.74. The van der Waals surface area contributed by atoms with Crippen LogP contribution in [0.4, 0.5) is 0 Å². The van der Waals surface area contributed by atoms with Gasteiger partial charge in [-0.05, 0) is 37.1 Å². The van der Waals surface area contributed by atoms with Gasteiger partial charge in [0.25, 0.3) is 5.91 Å². The van der Waals surface area contributed by atoms with Gasteiger partial charge in [0.05, 0.1) is 11.8 Å². The van der Waals surface area contributed by atoms with Crippen LogP contribution in [0.15, 0.2) is 34.4 Å². The Bertz CT molecular complexity index is 934. The normalized spacial score (nSPS) is 23.0. The van der Waals surface area contributed by atoms with Crippen molar-refractivity contribution in [1.82, 2.24) is 9.62 Å². The number of hydrogen-bond acceptors (Lipinski definition) is 6. The lowest BCUT2D eigenvalue weighted by Gasteiger charge is -2.24. The van der Waals surface area contributed by atoms with Gasteiger partial charge in [-0.3, -0.25) is 4.79 Å². The second-order valence-corrected chi connectivity index (χ2v) is 7.99. The summed E-state index contributed by atoms with van der Waals surface area (Å²) in [6, 6.07) is 4.99. The first-order valence-corrected chi connectivity index (χ1v) is 9.94. The van der Waals surface area contributed by atoms with Crippen LogP contribution in [0.1, 0.15) is 18.4 Å². The van der Waals surface area contributed by atoms with Crippen LogP contribution in [0.5, 0.6) is 11.5 Å². The van der Waals surface area contributed by atoms with Crippen LogP contribution in [-0.4, -0.2) is 57.4 Å². The highest BCUT2D eigenvalue weighted by molar-refractivity contribution is 7.88. The largest absolute Gasteiger partial charge is 0.454 e. The third kappa shape index (κ3) is 3.50. The van der Waals surface area contributed by atoms with E-state index in [-0.39, 0.29) is 24.3 Å². The molecule has 0 bridgehead atoms. The van der Waals surface area contributed by atoms with Gasteiger partial charge in [0.1, 0.15) is 5.70 Å². The minimum absolute atomic E-state index is 0.00402. The molecule has 3 heterocycles. The highest BCUT2D eigenvalue weighted by Gasteiger charge is 2.31. The number of rotatable bonds is 4. The molecule has 1 amide bonds. The van der Waals surface area contributed by atoms with Gasteiger partial charge in [-0.15, -0.1) is 4.40 Å². The van der Waals surface area contributed by atoms with E-state index < -0.39 is 16.1 Å². The van der Waals surface area contributed by atoms with Gasteiger partial charge in [0.15, 0.2) is 11.5 Å². The van der Waals surface area contributed by atoms with Crippen LogP contribution in [0, 0.1) is 0 Å². The van der Waals surface area contributed by atoms with Crippen LogP contribution in [0.3, 0.4) is 0 Å². The van der Waals surface area contributed by atoms with Crippen molar-refractivity contribution in [2.24, 2.45) is 4.40 Å². The minimum Gasteiger partial charge on any atom is -0.454 e. The van der Waals surface area contributed by atoms with Gasteiger partial charge in [0.2, 0.25) is 6.79 Å². The fraction of sp³-hybridized carbons (Fsp3) is 0.412. The van der Waals surface area contributed by atoms with Crippen molar-refractivity contribution in [2.75, 3.05) is 27.0 Å². The summed E-state index contributed by atoms with van der Waals surface area (Å²) in [5.74, 6) is 0.586. The van der Waals surface area contributed by atoms with Crippen LogP contribution >= 0.6 is 0 Å². The molecule has 1 fully saturated rings. The molecule has 0 spiro atoms. The van der Waals surface area contributed by atoms with Crippen LogP contribution < -0.4 is 14.8 Å². The maximum absolute atomic E-state index is 12.6. The van der Waals surface area contributed by atoms with Crippen molar-refractivity contribution in [3.63, 3.8) is 0 Å². The molecular formula is C17H19N3O6S. The van der Waals surface area contributed by atoms with Gasteiger partial charge in [-0.1, -0.05) is 0 Å². The minimum atomic E-state index is -4.02. The fourth-order valence-electron chi connectivity index (χ4n) is 3.06. The second kappa shape index (κ2) is 6.86. The number of allylic oxidation sites excluding steroid dienone is 1. The van der Waals surface area contributed by atoms with Crippen LogP contribution in [0.25, 0.3) is 0 Å². The van der Waals surface area contributed by atoms with Crippen molar-refractivity contribution in [3.8, 4) is 11.5 Å². The van der Waals surface area contributed by atoms with E-state index in [0.717, 1.165) is 17.1 Å². The molecule has 144 valence electrons. The molecule has 1 atom stereocenters. The summed E-state index contributed by atoms with van der Waals surface area (Å²) >= 11 is 0. The molecule has 1 unspecified atom stereocenters. The number of carbonyl (C=O) groups is 1. The van der Waals surface area contributed by atoms with E-state index in [9.17, 15) is 13.2 Å². The first-order valence-electron chi connectivity index (χ1n) is 8.54. The Morgan fingerprint density at radius 3 is 2.93 bits per heavy atom. The third-order valence-corrected chi connectivity index (χ3v) is 5.90. The van der Waals surface area contributed by atoms with Gasteiger partial charge >= 0.3 is 10.2 Å². The summed E-state index contributed by atoms with van der Waals surface area (Å²) in [4.78, 5) is 12.6. The molecule has 0 aromatic heterocycles. The zero-order chi connectivity index (χ0) is 19.0. The quantitative estimate of drug-likeness (QED) is 0.802. The molecule has 1 aromatic rings. The maximum Gasteiger partial charge on any atom is 0.345 e. The van der Waals surface area contributed by atoms with Gasteiger partial charge in [-0.2, -0.15) is 8.42 Å². The van der Waals surface area contributed by atoms with Gasteiger partial charge in [-0.25, -0.2) is 4.31 Å². The SMILES string of the molecule is CN1C(C(=O)NCC2CCCO2)=CC(c2ccc3c(c2)OCO3)=NS1(=O)=O. The van der Waals surface area contributed by atoms with E-state index in [1.54, 1.807) is 18.2 Å². The molecule has 9 nitrogen and oxygen atoms in total. The lowest BCUT2D eigenvalue weighted by atomic mass is 10.1. The van der Waals surface area contributed by atoms with Crippen molar-refractivity contribution in [2.45, 2.75) is 18.9 Å². The van der Waals surface area contributed by atoms with E-state index >= 15 is 0 Å². The summed E-state index contributed by atoms with van der Waals surface area (Å²) in [6.45, 7) is 1.12. The summed E-state index contributed by atoms with van der Waals surface area (Å²) in [5.41, 5.74) is 0.671. The Hall–Kier alpha value is -2.59. The average Bonchev–Trinajstić information content (AvgIpc) is 3.32. The van der Waals surface area contributed by atoms with E-state index in [4.69, 9.17) is 14.2 Å². The third-order valence-electron chi connectivity index (χ3n) is 4.59. The van der Waals surface area contributed by atoms with Gasteiger partial charge in [0, 0.05) is 25.8 Å². The van der Waals surface area contributed by atoms with E-state index in [2.05, 4.69) is 9.71 Å². The number of carbonyl (C=O) groups excluding carboxylic acids is 1. The van der Waals surface area contributed by atoms with Crippen molar-refractivity contribution in [1.29, 1.82) is 0 Å². The summed E-state index contributed by atoms with van der Waals surface area (Å²) < 4.78 is 45.5. The summed E-state index contributed by atoms with van der Waals surface area (Å²) in [7, 11) is -2.72. The molecule has 27 heavy (non-hydrogen) atoms. The number of fused-ring (bicyclic) bond motifs is 1. The number of ether oxygens (including phenoxy) is 3. The van der Waals surface area contributed by atoms with E-state index in [0.29, 0.717) is 30.2 Å². The highest BCUT2D eigenvalue weighted by atomic mass is 32.2. The first-order chi connectivity index (χ1) is 12.9. The molecule has 0 saturated carbocycles. The molecule has 1 saturated heterocycles. The van der Waals surface area contributed by atoms with Crippen molar-refractivity contribution >= 4 is 21.8 Å². The first kappa shape index (κ1) is 17.8. The molecular weight excluding hydrogens is 374 g/mol. The Balaban J connectivity index is 1.60. The second-order valence-electron chi connectivity index (χ2n) is 6.36. The van der Waals surface area contributed by atoms with E-state index in [1.165, 1.54) is 13.1 Å². The molecule has 0 aliphatic carbocycles. The number of nitrogens with zero attached hydrogens (tertiary/aromatic N) is 2. The highest BCUT2D eigenvalue weighted by Crippen LogP contribution is 2.33. The number of nitrogens with one attached hydrogen (secondary N) is 1.